The van der Waals surface area contributed by atoms with Gasteiger partial charge in [-0.2, -0.15) is 0 Å². The molecule has 1 N–H and O–H groups in total. The summed E-state index contributed by atoms with van der Waals surface area (Å²) in [7, 11) is 0. The van der Waals surface area contributed by atoms with Crippen LogP contribution in [-0.2, 0) is 6.54 Å². The summed E-state index contributed by atoms with van der Waals surface area (Å²) in [6.07, 6.45) is 6.83. The maximum Gasteiger partial charge on any atom is 0.0423 e. The van der Waals surface area contributed by atoms with E-state index in [2.05, 4.69) is 51.3 Å². The first-order chi connectivity index (χ1) is 9.31. The first-order valence-electron chi connectivity index (χ1n) is 7.55. The minimum Gasteiger partial charge on any atom is -0.371 e. The van der Waals surface area contributed by atoms with Gasteiger partial charge in [0.2, 0.25) is 0 Å². The molecule has 106 valence electrons. The van der Waals surface area contributed by atoms with Gasteiger partial charge in [-0.3, -0.25) is 0 Å². The number of anilines is 1. The molecule has 0 saturated carbocycles. The molecule has 0 atom stereocenters. The zero-order chi connectivity index (χ0) is 13.5. The summed E-state index contributed by atoms with van der Waals surface area (Å²) in [5, 5.41) is 3.45. The zero-order valence-corrected chi connectivity index (χ0v) is 13.5. The molecule has 3 heteroatoms. The molecule has 0 bridgehead atoms. The van der Waals surface area contributed by atoms with Crippen LogP contribution >= 0.6 is 15.9 Å². The second-order valence-electron chi connectivity index (χ2n) is 5.31. The maximum absolute atomic E-state index is 3.62. The Hall–Kier alpha value is -0.540. The fourth-order valence-electron chi connectivity index (χ4n) is 2.73. The van der Waals surface area contributed by atoms with Gasteiger partial charge in [0.25, 0.3) is 0 Å². The molecule has 0 amide bonds. The molecular weight excluding hydrogens is 300 g/mol. The van der Waals surface area contributed by atoms with E-state index >= 15 is 0 Å². The summed E-state index contributed by atoms with van der Waals surface area (Å²) in [6.45, 7) is 6.56. The van der Waals surface area contributed by atoms with Crippen LogP contribution in [0.5, 0.6) is 0 Å². The summed E-state index contributed by atoms with van der Waals surface area (Å²) in [6, 6.07) is 6.69. The van der Waals surface area contributed by atoms with Crippen LogP contribution in [0.15, 0.2) is 22.7 Å². The van der Waals surface area contributed by atoms with Crippen molar-refractivity contribution in [2.24, 2.45) is 0 Å². The van der Waals surface area contributed by atoms with Crippen molar-refractivity contribution in [2.45, 2.75) is 45.6 Å². The SMILES string of the molecule is CCNCc1ccc(Br)cc1N1CCCCCCC1. The van der Waals surface area contributed by atoms with Gasteiger partial charge in [0.05, 0.1) is 0 Å². The summed E-state index contributed by atoms with van der Waals surface area (Å²) in [4.78, 5) is 2.58. The lowest BCUT2D eigenvalue weighted by Gasteiger charge is -2.29. The summed E-state index contributed by atoms with van der Waals surface area (Å²) < 4.78 is 1.19. The fraction of sp³-hybridized carbons (Fsp3) is 0.625. The highest BCUT2D eigenvalue weighted by Crippen LogP contribution is 2.27. The van der Waals surface area contributed by atoms with Gasteiger partial charge in [-0.05, 0) is 37.1 Å². The third-order valence-corrected chi connectivity index (χ3v) is 4.30. The van der Waals surface area contributed by atoms with Crippen LogP contribution < -0.4 is 10.2 Å². The van der Waals surface area contributed by atoms with Crippen LogP contribution in [0.4, 0.5) is 5.69 Å². The van der Waals surface area contributed by atoms with E-state index in [1.54, 1.807) is 0 Å². The smallest absolute Gasteiger partial charge is 0.0423 e. The minimum absolute atomic E-state index is 0.968. The van der Waals surface area contributed by atoms with Crippen molar-refractivity contribution in [1.82, 2.24) is 5.32 Å². The van der Waals surface area contributed by atoms with E-state index in [1.807, 2.05) is 0 Å². The largest absolute Gasteiger partial charge is 0.371 e. The molecule has 0 spiro atoms. The van der Waals surface area contributed by atoms with E-state index in [0.29, 0.717) is 0 Å². The van der Waals surface area contributed by atoms with Gasteiger partial charge < -0.3 is 10.2 Å². The van der Waals surface area contributed by atoms with Gasteiger partial charge in [0, 0.05) is 29.8 Å². The Morgan fingerprint density at radius 1 is 1.11 bits per heavy atom. The molecule has 1 aromatic rings. The molecule has 1 heterocycles. The predicted octanol–water partition coefficient (Wildman–Crippen LogP) is 4.33. The Balaban J connectivity index is 2.16. The standard InChI is InChI=1S/C16H25BrN2/c1-2-18-13-14-8-9-15(17)12-16(14)19-10-6-4-3-5-7-11-19/h8-9,12,18H,2-7,10-11,13H2,1H3. The molecule has 0 aliphatic carbocycles. The van der Waals surface area contributed by atoms with E-state index in [1.165, 1.54) is 60.9 Å². The van der Waals surface area contributed by atoms with Crippen molar-refractivity contribution in [3.05, 3.63) is 28.2 Å². The molecule has 0 unspecified atom stereocenters. The zero-order valence-electron chi connectivity index (χ0n) is 11.9. The number of benzene rings is 1. The Morgan fingerprint density at radius 2 is 1.79 bits per heavy atom. The van der Waals surface area contributed by atoms with E-state index in [4.69, 9.17) is 0 Å². The molecule has 1 aliphatic heterocycles. The lowest BCUT2D eigenvalue weighted by atomic mass is 10.1. The average molecular weight is 325 g/mol. The van der Waals surface area contributed by atoms with E-state index in [9.17, 15) is 0 Å². The van der Waals surface area contributed by atoms with Crippen LogP contribution in [0.1, 0.15) is 44.6 Å². The highest BCUT2D eigenvalue weighted by Gasteiger charge is 2.13. The number of rotatable bonds is 4. The van der Waals surface area contributed by atoms with Gasteiger partial charge in [0.15, 0.2) is 0 Å². The molecular formula is C16H25BrN2. The highest BCUT2D eigenvalue weighted by atomic mass is 79.9. The van der Waals surface area contributed by atoms with Crippen LogP contribution in [-0.4, -0.2) is 19.6 Å². The van der Waals surface area contributed by atoms with Crippen LogP contribution in [0, 0.1) is 0 Å². The highest BCUT2D eigenvalue weighted by molar-refractivity contribution is 9.10. The average Bonchev–Trinajstić information content (AvgIpc) is 2.37. The van der Waals surface area contributed by atoms with Gasteiger partial charge >= 0.3 is 0 Å². The monoisotopic (exact) mass is 324 g/mol. The Kier molecular flexibility index (Phi) is 6.18. The van der Waals surface area contributed by atoms with Gasteiger partial charge in [-0.15, -0.1) is 0 Å². The van der Waals surface area contributed by atoms with Gasteiger partial charge in [-0.25, -0.2) is 0 Å². The second kappa shape index (κ2) is 7.91. The maximum atomic E-state index is 3.62. The van der Waals surface area contributed by atoms with Crippen LogP contribution in [0.2, 0.25) is 0 Å². The van der Waals surface area contributed by atoms with Crippen molar-refractivity contribution >= 4 is 21.6 Å². The van der Waals surface area contributed by atoms with Gasteiger partial charge in [-0.1, -0.05) is 48.2 Å². The van der Waals surface area contributed by atoms with E-state index in [-0.39, 0.29) is 0 Å². The quantitative estimate of drug-likeness (QED) is 0.886. The van der Waals surface area contributed by atoms with Crippen molar-refractivity contribution in [2.75, 3.05) is 24.5 Å². The molecule has 1 fully saturated rings. The molecule has 2 nitrogen and oxygen atoms in total. The predicted molar refractivity (Wildman–Crippen MR) is 86.8 cm³/mol. The molecule has 19 heavy (non-hydrogen) atoms. The fourth-order valence-corrected chi connectivity index (χ4v) is 3.08. The summed E-state index contributed by atoms with van der Waals surface area (Å²) in [5.74, 6) is 0. The van der Waals surface area contributed by atoms with Crippen molar-refractivity contribution in [3.63, 3.8) is 0 Å². The number of nitrogens with one attached hydrogen (secondary N) is 1. The van der Waals surface area contributed by atoms with Crippen molar-refractivity contribution in [3.8, 4) is 0 Å². The third kappa shape index (κ3) is 4.50. The Morgan fingerprint density at radius 3 is 2.47 bits per heavy atom. The first kappa shape index (κ1) is 14.9. The topological polar surface area (TPSA) is 15.3 Å². The van der Waals surface area contributed by atoms with Gasteiger partial charge in [0.1, 0.15) is 0 Å². The number of halogens is 1. The molecule has 2 rings (SSSR count). The third-order valence-electron chi connectivity index (χ3n) is 3.81. The molecule has 1 aromatic carbocycles. The second-order valence-corrected chi connectivity index (χ2v) is 6.22. The van der Waals surface area contributed by atoms with E-state index < -0.39 is 0 Å². The minimum atomic E-state index is 0.968. The van der Waals surface area contributed by atoms with E-state index in [0.717, 1.165) is 13.1 Å². The number of hydrogen-bond donors (Lipinski definition) is 1. The lowest BCUT2D eigenvalue weighted by molar-refractivity contribution is 0.555. The normalized spacial score (nSPS) is 17.1. The van der Waals surface area contributed by atoms with Crippen molar-refractivity contribution < 1.29 is 0 Å². The molecule has 1 aliphatic rings. The Labute approximate surface area is 125 Å². The molecule has 0 radical (unpaired) electrons. The van der Waals surface area contributed by atoms with Crippen LogP contribution in [0.25, 0.3) is 0 Å². The molecule has 1 saturated heterocycles. The Bertz CT molecular complexity index is 384. The summed E-state index contributed by atoms with van der Waals surface area (Å²) in [5.41, 5.74) is 2.84. The number of nitrogens with zero attached hydrogens (tertiary/aromatic N) is 1. The summed E-state index contributed by atoms with van der Waals surface area (Å²) >= 11 is 3.62. The molecule has 0 aromatic heterocycles. The lowest BCUT2D eigenvalue weighted by Crippen LogP contribution is -2.28. The number of hydrogen-bond acceptors (Lipinski definition) is 2. The van der Waals surface area contributed by atoms with Crippen LogP contribution in [0.3, 0.4) is 0 Å². The van der Waals surface area contributed by atoms with Crippen molar-refractivity contribution in [1.29, 1.82) is 0 Å². The first-order valence-corrected chi connectivity index (χ1v) is 8.34.